The Balaban J connectivity index is 2.19. The number of allylic oxidation sites excluding steroid dienone is 1. The first-order valence-electron chi connectivity index (χ1n) is 6.31. The Morgan fingerprint density at radius 2 is 1.77 bits per heavy atom. The van der Waals surface area contributed by atoms with Crippen LogP contribution < -0.4 is 5.32 Å². The highest BCUT2D eigenvalue weighted by Gasteiger charge is 2.06. The Morgan fingerprint density at radius 3 is 2.41 bits per heavy atom. The lowest BCUT2D eigenvalue weighted by molar-refractivity contribution is 0.102. The molecule has 0 fully saturated rings. The van der Waals surface area contributed by atoms with Crippen LogP contribution in [-0.2, 0) is 0 Å². The van der Waals surface area contributed by atoms with Crippen molar-refractivity contribution in [3.63, 3.8) is 0 Å². The van der Waals surface area contributed by atoms with E-state index >= 15 is 0 Å². The van der Waals surface area contributed by atoms with Crippen LogP contribution in [0.25, 0.3) is 6.08 Å². The third kappa shape index (κ3) is 3.96. The molecule has 2 aromatic carbocycles. The summed E-state index contributed by atoms with van der Waals surface area (Å²) in [5.41, 5.74) is 1.72. The van der Waals surface area contributed by atoms with Gasteiger partial charge in [0.05, 0.1) is 0 Å². The van der Waals surface area contributed by atoms with Crippen LogP contribution in [0.1, 0.15) is 15.9 Å². The predicted octanol–water partition coefficient (Wildman–Crippen LogP) is 4.02. The van der Waals surface area contributed by atoms with Gasteiger partial charge in [0, 0.05) is 16.3 Å². The molecular formula is C17H10ClN3O. The van der Waals surface area contributed by atoms with E-state index in [0.717, 1.165) is 0 Å². The van der Waals surface area contributed by atoms with Gasteiger partial charge < -0.3 is 5.32 Å². The zero-order chi connectivity index (χ0) is 15.9. The first-order valence-corrected chi connectivity index (χ1v) is 6.69. The summed E-state index contributed by atoms with van der Waals surface area (Å²) in [5, 5.41) is 20.8. The first kappa shape index (κ1) is 15.3. The molecule has 0 aliphatic heterocycles. The Labute approximate surface area is 132 Å². The fourth-order valence-electron chi connectivity index (χ4n) is 1.77. The van der Waals surface area contributed by atoms with Gasteiger partial charge in [0.15, 0.2) is 0 Å². The van der Waals surface area contributed by atoms with E-state index in [4.69, 9.17) is 22.1 Å². The average molecular weight is 308 g/mol. The number of rotatable bonds is 3. The van der Waals surface area contributed by atoms with Crippen LogP contribution in [0, 0.1) is 22.7 Å². The highest BCUT2D eigenvalue weighted by Crippen LogP contribution is 2.16. The van der Waals surface area contributed by atoms with Crippen molar-refractivity contribution in [2.24, 2.45) is 0 Å². The fraction of sp³-hybridized carbons (Fsp3) is 0. The summed E-state index contributed by atoms with van der Waals surface area (Å²) in [5.74, 6) is -0.265. The quantitative estimate of drug-likeness (QED) is 0.870. The summed E-state index contributed by atoms with van der Waals surface area (Å²) < 4.78 is 0. The van der Waals surface area contributed by atoms with Gasteiger partial charge in [-0.2, -0.15) is 10.5 Å². The molecule has 0 saturated heterocycles. The van der Waals surface area contributed by atoms with E-state index in [1.807, 2.05) is 0 Å². The third-order valence-electron chi connectivity index (χ3n) is 2.80. The highest BCUT2D eigenvalue weighted by atomic mass is 35.5. The second kappa shape index (κ2) is 7.08. The number of nitrogens with zero attached hydrogens (tertiary/aromatic N) is 2. The Bertz CT molecular complexity index is 795. The molecule has 106 valence electrons. The number of amides is 1. The molecule has 2 rings (SSSR count). The molecule has 0 radical (unpaired) electrons. The molecule has 0 heterocycles. The Hall–Kier alpha value is -3.08. The van der Waals surface area contributed by atoms with Gasteiger partial charge in [0.1, 0.15) is 17.7 Å². The van der Waals surface area contributed by atoms with Gasteiger partial charge in [-0.3, -0.25) is 4.79 Å². The summed E-state index contributed by atoms with van der Waals surface area (Å²) in [6.45, 7) is 0. The van der Waals surface area contributed by atoms with Crippen LogP contribution in [0.4, 0.5) is 5.69 Å². The minimum atomic E-state index is -0.265. The fourth-order valence-corrected chi connectivity index (χ4v) is 1.89. The van der Waals surface area contributed by atoms with E-state index in [1.54, 1.807) is 60.7 Å². The maximum absolute atomic E-state index is 12.1. The maximum Gasteiger partial charge on any atom is 0.255 e. The number of hydrogen-bond acceptors (Lipinski definition) is 3. The van der Waals surface area contributed by atoms with Crippen molar-refractivity contribution in [1.82, 2.24) is 0 Å². The molecule has 0 atom stereocenters. The van der Waals surface area contributed by atoms with E-state index < -0.39 is 0 Å². The van der Waals surface area contributed by atoms with Crippen LogP contribution in [0.2, 0.25) is 5.02 Å². The van der Waals surface area contributed by atoms with Crippen molar-refractivity contribution in [2.75, 3.05) is 5.32 Å². The van der Waals surface area contributed by atoms with Gasteiger partial charge in [0.2, 0.25) is 0 Å². The standard InChI is InChI=1S/C17H10ClN3O/c18-15-6-4-14(5-7-15)17(22)21-16-3-1-2-12(9-16)8-13(10-19)11-20/h1-9H,(H,21,22). The molecule has 0 aliphatic rings. The predicted molar refractivity (Wildman–Crippen MR) is 85.1 cm³/mol. The molecule has 0 spiro atoms. The van der Waals surface area contributed by atoms with Gasteiger partial charge in [-0.1, -0.05) is 23.7 Å². The summed E-state index contributed by atoms with van der Waals surface area (Å²) in [7, 11) is 0. The number of nitrogens with one attached hydrogen (secondary N) is 1. The molecule has 0 bridgehead atoms. The topological polar surface area (TPSA) is 76.7 Å². The van der Waals surface area contributed by atoms with E-state index in [9.17, 15) is 4.79 Å². The van der Waals surface area contributed by atoms with Gasteiger partial charge in [-0.05, 0) is 48.0 Å². The van der Waals surface area contributed by atoms with Gasteiger partial charge in [0.25, 0.3) is 5.91 Å². The Kier molecular flexibility index (Phi) is 4.93. The molecule has 0 unspecified atom stereocenters. The molecule has 5 heteroatoms. The monoisotopic (exact) mass is 307 g/mol. The van der Waals surface area contributed by atoms with Gasteiger partial charge >= 0.3 is 0 Å². The zero-order valence-electron chi connectivity index (χ0n) is 11.4. The largest absolute Gasteiger partial charge is 0.322 e. The molecule has 2 aromatic rings. The normalized spacial score (nSPS) is 9.23. The third-order valence-corrected chi connectivity index (χ3v) is 3.05. The second-order valence-corrected chi connectivity index (χ2v) is 4.80. The van der Waals surface area contributed by atoms with E-state index in [0.29, 0.717) is 21.8 Å². The van der Waals surface area contributed by atoms with Crippen LogP contribution in [0.15, 0.2) is 54.1 Å². The maximum atomic E-state index is 12.1. The van der Waals surface area contributed by atoms with Gasteiger partial charge in [-0.25, -0.2) is 0 Å². The number of anilines is 1. The smallest absolute Gasteiger partial charge is 0.255 e. The summed E-state index contributed by atoms with van der Waals surface area (Å²) in [6, 6.07) is 17.0. The lowest BCUT2D eigenvalue weighted by atomic mass is 10.1. The Morgan fingerprint density at radius 1 is 1.09 bits per heavy atom. The van der Waals surface area contributed by atoms with Crippen LogP contribution >= 0.6 is 11.6 Å². The molecule has 1 N–H and O–H groups in total. The second-order valence-electron chi connectivity index (χ2n) is 4.37. The number of hydrogen-bond donors (Lipinski definition) is 1. The number of carbonyl (C=O) groups excluding carboxylic acids is 1. The summed E-state index contributed by atoms with van der Waals surface area (Å²) in [6.07, 6.45) is 1.46. The SMILES string of the molecule is N#CC(C#N)=Cc1cccc(NC(=O)c2ccc(Cl)cc2)c1. The van der Waals surface area contributed by atoms with Crippen molar-refractivity contribution in [3.05, 3.63) is 70.3 Å². The number of benzene rings is 2. The van der Waals surface area contributed by atoms with E-state index in [1.165, 1.54) is 6.08 Å². The average Bonchev–Trinajstić information content (AvgIpc) is 2.53. The molecule has 1 amide bonds. The lowest BCUT2D eigenvalue weighted by Gasteiger charge is -2.06. The molecule has 0 aliphatic carbocycles. The molecule has 0 saturated carbocycles. The van der Waals surface area contributed by atoms with E-state index in [-0.39, 0.29) is 11.5 Å². The lowest BCUT2D eigenvalue weighted by Crippen LogP contribution is -2.11. The molecule has 4 nitrogen and oxygen atoms in total. The van der Waals surface area contributed by atoms with Gasteiger partial charge in [-0.15, -0.1) is 0 Å². The highest BCUT2D eigenvalue weighted by molar-refractivity contribution is 6.30. The van der Waals surface area contributed by atoms with Crippen LogP contribution in [0.3, 0.4) is 0 Å². The molecule has 0 aromatic heterocycles. The zero-order valence-corrected chi connectivity index (χ0v) is 12.1. The number of nitriles is 2. The first-order chi connectivity index (χ1) is 10.6. The minimum Gasteiger partial charge on any atom is -0.322 e. The van der Waals surface area contributed by atoms with Crippen molar-refractivity contribution >= 4 is 29.3 Å². The molecular weight excluding hydrogens is 298 g/mol. The van der Waals surface area contributed by atoms with Crippen LogP contribution in [-0.4, -0.2) is 5.91 Å². The summed E-state index contributed by atoms with van der Waals surface area (Å²) >= 11 is 5.78. The minimum absolute atomic E-state index is 0.00109. The number of halogens is 1. The van der Waals surface area contributed by atoms with Crippen molar-refractivity contribution < 1.29 is 4.79 Å². The molecule has 22 heavy (non-hydrogen) atoms. The van der Waals surface area contributed by atoms with Crippen LogP contribution in [0.5, 0.6) is 0 Å². The number of carbonyl (C=O) groups is 1. The van der Waals surface area contributed by atoms with Crippen molar-refractivity contribution in [2.45, 2.75) is 0 Å². The van der Waals surface area contributed by atoms with E-state index in [2.05, 4.69) is 5.32 Å². The van der Waals surface area contributed by atoms with Crippen molar-refractivity contribution in [1.29, 1.82) is 10.5 Å². The van der Waals surface area contributed by atoms with Crippen molar-refractivity contribution in [3.8, 4) is 12.1 Å². The summed E-state index contributed by atoms with van der Waals surface area (Å²) in [4.78, 5) is 12.1.